The van der Waals surface area contributed by atoms with Gasteiger partial charge >= 0.3 is 0 Å². The van der Waals surface area contributed by atoms with Crippen LogP contribution in [-0.2, 0) is 92.7 Å². The smallest absolute Gasteiger partial charge is 0.245 e. The molecule has 1 aromatic carbocycles. The van der Waals surface area contributed by atoms with E-state index in [1.54, 1.807) is 64.3 Å². The Morgan fingerprint density at radius 1 is 0.336 bits per heavy atom. The minimum atomic E-state index is -1.66. The maximum atomic E-state index is 14.6. The number of amides is 17. The van der Waals surface area contributed by atoms with Crippen LogP contribution < -0.4 is 151 Å². The molecule has 18 atom stereocenters. The number of aliphatic hydroxyl groups is 1. The van der Waals surface area contributed by atoms with Crippen molar-refractivity contribution >= 4 is 212 Å². The van der Waals surface area contributed by atoms with Crippen molar-refractivity contribution < 1.29 is 91.4 Å². The summed E-state index contributed by atoms with van der Waals surface area (Å²) in [7, 11) is 0. The largest absolute Gasteiger partial charge is 0.391 e. The number of carbonyl (C=O) groups is 17. The molecular formula is C82H144N33O19S6. The van der Waals surface area contributed by atoms with Crippen LogP contribution in [0.2, 0.25) is 0 Å². The quantitative estimate of drug-likeness (QED) is 0.0125. The Morgan fingerprint density at radius 2 is 0.621 bits per heavy atom. The molecule has 0 aliphatic rings. The molecule has 52 nitrogen and oxygen atoms in total. The molecule has 0 aliphatic heterocycles. The van der Waals surface area contributed by atoms with E-state index in [4.69, 9.17) is 61.4 Å². The molecule has 1 rings (SSSR count). The Hall–Kier alpha value is -11.8. The fourth-order valence-electron chi connectivity index (χ4n) is 13.0. The lowest BCUT2D eigenvalue weighted by Crippen LogP contribution is -2.62. The van der Waals surface area contributed by atoms with Gasteiger partial charge in [-0.15, -0.1) is 0 Å². The highest BCUT2D eigenvalue weighted by atomic mass is 32.1. The van der Waals surface area contributed by atoms with Crippen molar-refractivity contribution in [3.8, 4) is 0 Å². The number of thiol groups is 6. The molecule has 0 saturated heterocycles. The van der Waals surface area contributed by atoms with Crippen LogP contribution in [0.4, 0.5) is 0 Å². The Bertz CT molecular complexity index is 4290. The number of rotatable bonds is 69. The standard InChI is InChI=1S/C82H144N33O19S6/c1-8-42(6)61(76(133)112-57(39-140)74(131)115-62(43(7)117)77(134)100-45(33-116)19-12-24-94-78(84)85)114-73(130)56(38-139)108-66(123)49(23-16-28-98-82(92)93)105-71(128)55(37-138)111-75(132)60(41(4)5)113-59(119)32-99-63(120)46(20-13-25-95-79(86)87)102-64(121)47(21-14-26-96-80(88)89)103-69(126)52(34-135)109-67(124)50(29-40(2)3)106-72(129)54(36-137)107-65(122)48(22-15-27-97-81(90)91)104-70(127)53(35-136)110-68(125)51(101-58(118)31-83)30-44-17-10-9-11-18-44/h9-11,17-18,40-43,45-57,60-62,117,135-140H,8,12-16,19-32,34-39,83H2,1-7H3,(H,99,120)(H,100,134)(H,101,118)(H,102,121)(H,103,126)(H,104,127)(H,105,128)(H,106,129)(H,107,122)(H,108,123)(H,109,124)(H,110,125)(H,111,132)(H,112,133)(H,113,119)(H,114,130)(H,115,131)(H4,84,85,94)(H4,86,87,95)(H4,88,89,96)(H4,90,91,97)(H4,92,93,98)/t42-,43+,45?,46-,47-,48-,49-,50-,51-,52-,53-,54-,55-,56-,57-,60-,61-,62-/m0/s1. The zero-order valence-electron chi connectivity index (χ0n) is 79.3. The first-order valence-corrected chi connectivity index (χ1v) is 48.9. The Balaban J connectivity index is 3.55. The molecule has 0 fully saturated rings. The van der Waals surface area contributed by atoms with Crippen molar-refractivity contribution in [1.29, 1.82) is 27.0 Å². The zero-order valence-corrected chi connectivity index (χ0v) is 84.6. The van der Waals surface area contributed by atoms with E-state index in [0.717, 1.165) is 0 Å². The number of nitrogens with one attached hydrogen (secondary N) is 27. The van der Waals surface area contributed by atoms with Gasteiger partial charge in [-0.25, -0.2) is 0 Å². The predicted molar refractivity (Wildman–Crippen MR) is 543 cm³/mol. The first-order chi connectivity index (χ1) is 66.1. The van der Waals surface area contributed by atoms with Gasteiger partial charge in [-0.05, 0) is 101 Å². The van der Waals surface area contributed by atoms with Crippen LogP contribution in [0, 0.1) is 44.8 Å². The van der Waals surface area contributed by atoms with Gasteiger partial charge in [-0.3, -0.25) is 113 Å². The lowest BCUT2D eigenvalue weighted by molar-refractivity contribution is -0.136. The van der Waals surface area contributed by atoms with Gasteiger partial charge in [0, 0.05) is 73.7 Å². The van der Waals surface area contributed by atoms with E-state index in [0.29, 0.717) is 5.56 Å². The third kappa shape index (κ3) is 50.4. The Labute approximate surface area is 845 Å². The van der Waals surface area contributed by atoms with Crippen LogP contribution in [-0.4, -0.2) is 325 Å². The van der Waals surface area contributed by atoms with Gasteiger partial charge in [0.05, 0.1) is 25.2 Å². The summed E-state index contributed by atoms with van der Waals surface area (Å²) in [5, 5.41) is 104. The first kappa shape index (κ1) is 126. The van der Waals surface area contributed by atoms with Gasteiger partial charge in [0.25, 0.3) is 0 Å². The van der Waals surface area contributed by atoms with Crippen molar-refractivity contribution in [2.75, 3.05) is 80.3 Å². The number of aliphatic hydroxyl groups excluding tert-OH is 1. The average Bonchev–Trinajstić information content (AvgIpc) is 0.829. The fraction of sp³-hybridized carbons (Fsp3) is 0.646. The van der Waals surface area contributed by atoms with Crippen LogP contribution in [0.1, 0.15) is 131 Å². The lowest BCUT2D eigenvalue weighted by atomic mass is 9.97. The summed E-state index contributed by atoms with van der Waals surface area (Å²) in [6, 6.07) is -14.9. The Morgan fingerprint density at radius 3 is 0.936 bits per heavy atom. The molecule has 1 radical (unpaired) electrons. The van der Waals surface area contributed by atoms with E-state index in [2.05, 4.69) is 193 Å². The lowest BCUT2D eigenvalue weighted by Gasteiger charge is -2.29. The van der Waals surface area contributed by atoms with Crippen molar-refractivity contribution in [3.05, 3.63) is 35.9 Å². The van der Waals surface area contributed by atoms with Crippen molar-refractivity contribution in [2.45, 2.75) is 235 Å². The van der Waals surface area contributed by atoms with E-state index in [1.165, 1.54) is 20.8 Å². The molecule has 0 bridgehead atoms. The molecule has 0 saturated carbocycles. The number of benzene rings is 1. The normalized spacial score (nSPS) is 14.8. The number of guanidine groups is 5. The highest BCUT2D eigenvalue weighted by Crippen LogP contribution is 2.15. The van der Waals surface area contributed by atoms with Gasteiger partial charge in [0.15, 0.2) is 29.8 Å². The number of nitrogens with two attached hydrogens (primary N) is 6. The van der Waals surface area contributed by atoms with Crippen LogP contribution >= 0.6 is 75.8 Å². The summed E-state index contributed by atoms with van der Waals surface area (Å²) in [5.74, 6) is -22.1. The highest BCUT2D eigenvalue weighted by molar-refractivity contribution is 7.81. The molecule has 0 aromatic heterocycles. The second-order valence-corrected chi connectivity index (χ2v) is 35.3. The summed E-state index contributed by atoms with van der Waals surface area (Å²) in [6.07, 6.45) is 0.0103. The average molecular weight is 2090 g/mol. The molecule has 0 aliphatic carbocycles. The zero-order chi connectivity index (χ0) is 106. The van der Waals surface area contributed by atoms with E-state index in [9.17, 15) is 91.4 Å². The van der Waals surface area contributed by atoms with Crippen LogP contribution in [0.5, 0.6) is 0 Å². The Kier molecular flexibility index (Phi) is 62.4. The fourth-order valence-corrected chi connectivity index (χ4v) is 14.5. The van der Waals surface area contributed by atoms with Crippen LogP contribution in [0.3, 0.4) is 0 Å². The summed E-state index contributed by atoms with van der Waals surface area (Å²) in [6.45, 7) is 9.82. The third-order valence-corrected chi connectivity index (χ3v) is 23.0. The van der Waals surface area contributed by atoms with Gasteiger partial charge in [0.1, 0.15) is 90.6 Å². The molecule has 1 unspecified atom stereocenters. The van der Waals surface area contributed by atoms with E-state index >= 15 is 0 Å². The van der Waals surface area contributed by atoms with Crippen molar-refractivity contribution in [2.24, 2.45) is 52.2 Å². The summed E-state index contributed by atoms with van der Waals surface area (Å²) in [5.41, 5.74) is 33.5. The summed E-state index contributed by atoms with van der Waals surface area (Å²) in [4.78, 5) is 250. The molecule has 140 heavy (non-hydrogen) atoms. The second kappa shape index (κ2) is 69.2. The monoisotopic (exact) mass is 2090 g/mol. The molecule has 0 spiro atoms. The SMILES string of the molecule is CC[C@H](C)[C@H](NC(=O)[C@H](CS)NC(=O)[C@H](CCCNC(=N)N)NC(=O)[C@H](CS)NC(=O)[C@@H](NC(=O)CNC(=O)[C@H](CCCNC(=N)N)NC(=O)[C@H](CCCNC(=N)N)NC(=O)[C@H](CS)NC(=O)[C@H](CC(C)C)NC(=O)[C@H](CS)NC(=O)[C@H](CCCNC(=N)N)NC(=O)[C@H](CS)NC(=O)[C@H](Cc1ccccc1)NC(=O)CN)C(C)C)C(=O)N[C@@H](CS)C(=O)N[C@H](C(=O)NC([C]=O)CCCNC(=N)N)[C@@H](C)O. The van der Waals surface area contributed by atoms with Crippen molar-refractivity contribution in [1.82, 2.24) is 117 Å². The second-order valence-electron chi connectivity index (χ2n) is 33.1. The molecule has 17 amide bonds. The minimum absolute atomic E-state index is 0.00465. The molecular weight excluding hydrogens is 1940 g/mol. The van der Waals surface area contributed by atoms with Crippen LogP contribution in [0.25, 0.3) is 0 Å². The number of carbonyl (C=O) groups excluding carboxylic acids is 18. The van der Waals surface area contributed by atoms with Gasteiger partial charge < -0.3 is 156 Å². The van der Waals surface area contributed by atoms with Gasteiger partial charge in [0.2, 0.25) is 107 Å². The first-order valence-electron chi connectivity index (χ1n) is 45.1. The van der Waals surface area contributed by atoms with Gasteiger partial charge in [-0.2, -0.15) is 75.8 Å². The summed E-state index contributed by atoms with van der Waals surface area (Å²) < 4.78 is 0. The molecule has 40 N–H and O–H groups in total. The third-order valence-electron chi connectivity index (χ3n) is 20.8. The predicted octanol–water partition coefficient (Wildman–Crippen LogP) is -10.8. The minimum Gasteiger partial charge on any atom is -0.391 e. The highest BCUT2D eigenvalue weighted by Gasteiger charge is 2.40. The van der Waals surface area contributed by atoms with Gasteiger partial charge in [-0.1, -0.05) is 78.3 Å². The maximum absolute atomic E-state index is 14.6. The molecule has 58 heteroatoms. The van der Waals surface area contributed by atoms with Crippen LogP contribution in [0.15, 0.2) is 30.3 Å². The maximum Gasteiger partial charge on any atom is 0.245 e. The summed E-state index contributed by atoms with van der Waals surface area (Å²) >= 11 is 25.7. The molecule has 0 heterocycles. The van der Waals surface area contributed by atoms with E-state index < -0.39 is 275 Å². The van der Waals surface area contributed by atoms with E-state index in [1.807, 2.05) is 0 Å². The van der Waals surface area contributed by atoms with E-state index in [-0.39, 0.29) is 140 Å². The molecule has 1 aromatic rings. The number of hydrogen-bond donors (Lipinski definition) is 40. The topological polar surface area (TPSA) is 868 Å². The number of hydrogen-bond acceptors (Lipinski definition) is 31. The van der Waals surface area contributed by atoms with Crippen molar-refractivity contribution in [3.63, 3.8) is 0 Å². The molecule has 787 valence electrons.